The zero-order valence-corrected chi connectivity index (χ0v) is 18.4. The second-order valence-electron chi connectivity index (χ2n) is 8.41. The number of H-pyrrole nitrogens is 2. The molecule has 3 heterocycles. The lowest BCUT2D eigenvalue weighted by Crippen LogP contribution is -2.31. The number of aryl methyl sites for hydroxylation is 1. The Bertz CT molecular complexity index is 1350. The van der Waals surface area contributed by atoms with E-state index in [-0.39, 0.29) is 17.2 Å². The Balaban J connectivity index is 1.53. The molecule has 7 heteroatoms. The number of pyridine rings is 1. The van der Waals surface area contributed by atoms with Crippen molar-refractivity contribution in [1.82, 2.24) is 20.6 Å². The summed E-state index contributed by atoms with van der Waals surface area (Å²) in [4.78, 5) is 31.8. The summed E-state index contributed by atoms with van der Waals surface area (Å²) in [6.07, 6.45) is 1.04. The molecule has 1 fully saturated rings. The van der Waals surface area contributed by atoms with Crippen molar-refractivity contribution in [2.24, 2.45) is 5.92 Å². The molecule has 1 saturated heterocycles. The number of aromatic amines is 2. The van der Waals surface area contributed by atoms with Crippen molar-refractivity contribution in [2.75, 3.05) is 19.6 Å². The number of amides is 1. The summed E-state index contributed by atoms with van der Waals surface area (Å²) in [7, 11) is 0. The van der Waals surface area contributed by atoms with Gasteiger partial charge in [0, 0.05) is 23.2 Å². The fourth-order valence-corrected chi connectivity index (χ4v) is 4.38. The molecule has 0 saturated carbocycles. The average Bonchev–Trinajstić information content (AvgIpc) is 3.46. The summed E-state index contributed by atoms with van der Waals surface area (Å²) in [6, 6.07) is 19.0. The highest BCUT2D eigenvalue weighted by Crippen LogP contribution is 2.37. The molecule has 1 amide bonds. The molecule has 0 bridgehead atoms. The van der Waals surface area contributed by atoms with Crippen LogP contribution in [0.15, 0.2) is 65.5 Å². The Morgan fingerprint density at radius 2 is 1.88 bits per heavy atom. The summed E-state index contributed by atoms with van der Waals surface area (Å²) in [5.41, 5.74) is 2.25. The number of benzene rings is 2. The quantitative estimate of drug-likeness (QED) is 0.363. The molecule has 0 spiro atoms. The van der Waals surface area contributed by atoms with Gasteiger partial charge < -0.3 is 25.3 Å². The van der Waals surface area contributed by atoms with E-state index in [1.807, 2.05) is 61.5 Å². The molecule has 4 aromatic rings. The zero-order valence-electron chi connectivity index (χ0n) is 18.4. The molecule has 1 atom stereocenters. The third-order valence-electron chi connectivity index (χ3n) is 6.08. The topological polar surface area (TPSA) is 99.0 Å². The van der Waals surface area contributed by atoms with Crippen LogP contribution in [-0.2, 0) is 0 Å². The fraction of sp³-hybridized carbons (Fsp3) is 0.231. The summed E-state index contributed by atoms with van der Waals surface area (Å²) < 4.78 is 6.13. The second-order valence-corrected chi connectivity index (χ2v) is 8.41. The van der Waals surface area contributed by atoms with Gasteiger partial charge in [-0.15, -0.1) is 0 Å². The number of para-hydroxylation sites is 2. The maximum atomic E-state index is 12.9. The van der Waals surface area contributed by atoms with Crippen LogP contribution in [0, 0.1) is 12.8 Å². The van der Waals surface area contributed by atoms with Crippen LogP contribution >= 0.6 is 0 Å². The molecule has 1 aliphatic rings. The number of hydrogen-bond acceptors (Lipinski definition) is 4. The van der Waals surface area contributed by atoms with E-state index in [0.717, 1.165) is 42.2 Å². The van der Waals surface area contributed by atoms with Gasteiger partial charge >= 0.3 is 0 Å². The van der Waals surface area contributed by atoms with Gasteiger partial charge in [0.15, 0.2) is 0 Å². The number of hydrogen-bond donors (Lipinski definition) is 4. The highest BCUT2D eigenvalue weighted by molar-refractivity contribution is 6.02. The summed E-state index contributed by atoms with van der Waals surface area (Å²) >= 11 is 0. The number of ether oxygens (including phenoxy) is 1. The van der Waals surface area contributed by atoms with Crippen LogP contribution in [0.25, 0.3) is 22.0 Å². The van der Waals surface area contributed by atoms with E-state index >= 15 is 0 Å². The summed E-state index contributed by atoms with van der Waals surface area (Å²) in [6.45, 7) is 4.31. The predicted molar refractivity (Wildman–Crippen MR) is 129 cm³/mol. The van der Waals surface area contributed by atoms with Gasteiger partial charge in [-0.3, -0.25) is 9.59 Å². The molecule has 168 valence electrons. The molecule has 7 nitrogen and oxygen atoms in total. The van der Waals surface area contributed by atoms with Crippen LogP contribution in [0.1, 0.15) is 22.6 Å². The number of nitrogens with one attached hydrogen (secondary N) is 4. The van der Waals surface area contributed by atoms with Crippen LogP contribution in [0.5, 0.6) is 11.5 Å². The van der Waals surface area contributed by atoms with Crippen LogP contribution in [0.4, 0.5) is 0 Å². The van der Waals surface area contributed by atoms with E-state index in [9.17, 15) is 9.59 Å². The van der Waals surface area contributed by atoms with E-state index in [0.29, 0.717) is 29.0 Å². The van der Waals surface area contributed by atoms with Crippen molar-refractivity contribution in [3.63, 3.8) is 0 Å². The van der Waals surface area contributed by atoms with Gasteiger partial charge in [-0.25, -0.2) is 0 Å². The Morgan fingerprint density at radius 1 is 1.09 bits per heavy atom. The number of aromatic nitrogens is 2. The van der Waals surface area contributed by atoms with Crippen molar-refractivity contribution >= 4 is 16.7 Å². The smallest absolute Gasteiger partial charge is 0.267 e. The lowest BCUT2D eigenvalue weighted by molar-refractivity contribution is 0.0943. The summed E-state index contributed by atoms with van der Waals surface area (Å²) in [5, 5.41) is 7.48. The number of carbonyl (C=O) groups excluding carboxylic acids is 1. The highest BCUT2D eigenvalue weighted by atomic mass is 16.5. The van der Waals surface area contributed by atoms with Gasteiger partial charge in [0.05, 0.1) is 11.1 Å². The van der Waals surface area contributed by atoms with Crippen LogP contribution in [0.2, 0.25) is 0 Å². The van der Waals surface area contributed by atoms with E-state index in [1.54, 1.807) is 6.07 Å². The Morgan fingerprint density at radius 3 is 2.67 bits per heavy atom. The second kappa shape index (κ2) is 8.96. The van der Waals surface area contributed by atoms with Gasteiger partial charge in [0.25, 0.3) is 11.5 Å². The zero-order chi connectivity index (χ0) is 22.8. The standard InChI is InChI=1S/C26H26N4O3/c1-16-23-20(13-21(30-26(23)32)25(31)28-15-17-11-12-27-14-17)24(29-16)19-9-5-6-10-22(19)33-18-7-3-2-4-8-18/h2-10,13,17,27,29H,11-12,14-15H2,1H3,(H,28,31)(H,30,32)/t17-/m0/s1. The maximum absolute atomic E-state index is 12.9. The first-order valence-electron chi connectivity index (χ1n) is 11.2. The highest BCUT2D eigenvalue weighted by Gasteiger charge is 2.20. The van der Waals surface area contributed by atoms with Crippen molar-refractivity contribution in [1.29, 1.82) is 0 Å². The van der Waals surface area contributed by atoms with Gasteiger partial charge in [-0.05, 0) is 62.7 Å². The van der Waals surface area contributed by atoms with Crippen molar-refractivity contribution in [2.45, 2.75) is 13.3 Å². The fourth-order valence-electron chi connectivity index (χ4n) is 4.38. The van der Waals surface area contributed by atoms with Crippen molar-refractivity contribution in [3.05, 3.63) is 82.4 Å². The average molecular weight is 443 g/mol. The van der Waals surface area contributed by atoms with Gasteiger partial charge in [-0.2, -0.15) is 0 Å². The van der Waals surface area contributed by atoms with E-state index < -0.39 is 0 Å². The third kappa shape index (κ3) is 4.27. The summed E-state index contributed by atoms with van der Waals surface area (Å²) in [5.74, 6) is 1.51. The van der Waals surface area contributed by atoms with Crippen LogP contribution < -0.4 is 20.9 Å². The molecule has 5 rings (SSSR count). The predicted octanol–water partition coefficient (Wildman–Crippen LogP) is 3.96. The largest absolute Gasteiger partial charge is 0.457 e. The minimum atomic E-state index is -0.290. The molecular formula is C26H26N4O3. The van der Waals surface area contributed by atoms with Crippen LogP contribution in [0.3, 0.4) is 0 Å². The molecule has 2 aromatic heterocycles. The van der Waals surface area contributed by atoms with E-state index in [4.69, 9.17) is 4.74 Å². The molecule has 2 aromatic carbocycles. The third-order valence-corrected chi connectivity index (χ3v) is 6.08. The SMILES string of the molecule is Cc1[nH]c(-c2ccccc2Oc2ccccc2)c2cc(C(=O)NC[C@H]3CCNC3)[nH]c(=O)c12. The molecule has 33 heavy (non-hydrogen) atoms. The first-order chi connectivity index (χ1) is 16.1. The normalized spacial score (nSPS) is 15.6. The molecule has 0 radical (unpaired) electrons. The Kier molecular flexibility index (Phi) is 5.71. The maximum Gasteiger partial charge on any atom is 0.267 e. The van der Waals surface area contributed by atoms with Gasteiger partial charge in [0.1, 0.15) is 17.2 Å². The van der Waals surface area contributed by atoms with Gasteiger partial charge in [0.2, 0.25) is 0 Å². The molecule has 0 unspecified atom stereocenters. The van der Waals surface area contributed by atoms with Crippen molar-refractivity contribution < 1.29 is 9.53 Å². The molecule has 4 N–H and O–H groups in total. The molecule has 1 aliphatic heterocycles. The lowest BCUT2D eigenvalue weighted by Gasteiger charge is -2.12. The monoisotopic (exact) mass is 442 g/mol. The molecule has 0 aliphatic carbocycles. The number of rotatable bonds is 6. The van der Waals surface area contributed by atoms with E-state index in [2.05, 4.69) is 20.6 Å². The minimum absolute atomic E-state index is 0.250. The van der Waals surface area contributed by atoms with Crippen LogP contribution in [-0.4, -0.2) is 35.5 Å². The first-order valence-corrected chi connectivity index (χ1v) is 11.2. The number of carbonyl (C=O) groups is 1. The Hall–Kier alpha value is -3.84. The van der Waals surface area contributed by atoms with Gasteiger partial charge in [-0.1, -0.05) is 30.3 Å². The van der Waals surface area contributed by atoms with Crippen molar-refractivity contribution in [3.8, 4) is 22.8 Å². The minimum Gasteiger partial charge on any atom is -0.457 e. The number of fused-ring (bicyclic) bond motifs is 1. The molecular weight excluding hydrogens is 416 g/mol. The Labute approximate surface area is 191 Å². The first kappa shape index (κ1) is 21.0. The van der Waals surface area contributed by atoms with E-state index in [1.165, 1.54) is 0 Å². The lowest BCUT2D eigenvalue weighted by atomic mass is 10.1.